The van der Waals surface area contributed by atoms with Gasteiger partial charge < -0.3 is 15.4 Å². The number of hydrogen-bond donors (Lipinski definition) is 2. The molecule has 8 heteroatoms. The van der Waals surface area contributed by atoms with Gasteiger partial charge in [-0.2, -0.15) is 5.10 Å². The van der Waals surface area contributed by atoms with E-state index >= 15 is 0 Å². The molecule has 1 amide bonds. The molecule has 0 aromatic carbocycles. The number of rotatable bonds is 5. The van der Waals surface area contributed by atoms with Gasteiger partial charge in [-0.15, -0.1) is 0 Å². The van der Waals surface area contributed by atoms with E-state index in [9.17, 15) is 4.79 Å². The molecule has 1 aliphatic rings. The predicted molar refractivity (Wildman–Crippen MR) is 88.5 cm³/mol. The first kappa shape index (κ1) is 16.4. The number of carbonyl (C=O) groups is 1. The minimum Gasteiger partial charge on any atom is -0.379 e. The highest BCUT2D eigenvalue weighted by Crippen LogP contribution is 2.14. The Bertz CT molecular complexity index is 701. The Morgan fingerprint density at radius 2 is 2.29 bits per heavy atom. The van der Waals surface area contributed by atoms with Gasteiger partial charge in [0.25, 0.3) is 0 Å². The molecule has 0 bridgehead atoms. The minimum atomic E-state index is -0.0359. The number of carbonyl (C=O) groups excluding carboxylic acids is 1. The lowest BCUT2D eigenvalue weighted by Gasteiger charge is -2.33. The Morgan fingerprint density at radius 3 is 3.04 bits per heavy atom. The first-order valence-electron chi connectivity index (χ1n) is 8.02. The minimum absolute atomic E-state index is 0.00904. The van der Waals surface area contributed by atoms with Gasteiger partial charge in [-0.05, 0) is 25.5 Å². The standard InChI is InChI=1S/C16H22N6O2/c1-11-17-6-3-15(18-11)19-14-10-24-8-5-13(14)20-16(23)9-12-4-7-22(2)21-12/h3-4,6-7,13-14H,5,8-10H2,1-2H3,(H,20,23)(H,17,18,19)/t13-,14+/m0/s1. The van der Waals surface area contributed by atoms with E-state index < -0.39 is 0 Å². The summed E-state index contributed by atoms with van der Waals surface area (Å²) in [5.41, 5.74) is 0.762. The number of amides is 1. The van der Waals surface area contributed by atoms with Gasteiger partial charge in [0.1, 0.15) is 11.6 Å². The highest BCUT2D eigenvalue weighted by Gasteiger charge is 2.27. The number of nitrogens with zero attached hydrogens (tertiary/aromatic N) is 4. The highest BCUT2D eigenvalue weighted by molar-refractivity contribution is 5.78. The molecule has 3 rings (SSSR count). The average molecular weight is 330 g/mol. The van der Waals surface area contributed by atoms with Crippen LogP contribution in [0.15, 0.2) is 24.5 Å². The van der Waals surface area contributed by atoms with Gasteiger partial charge in [0.05, 0.1) is 30.8 Å². The summed E-state index contributed by atoms with van der Waals surface area (Å²) < 4.78 is 7.24. The maximum absolute atomic E-state index is 12.3. The van der Waals surface area contributed by atoms with Crippen molar-refractivity contribution in [2.24, 2.45) is 7.05 Å². The zero-order valence-electron chi connectivity index (χ0n) is 13.9. The number of aryl methyl sites for hydroxylation is 2. The molecule has 1 fully saturated rings. The Balaban J connectivity index is 1.60. The highest BCUT2D eigenvalue weighted by atomic mass is 16.5. The SMILES string of the molecule is Cc1nccc(N[C@@H]2COCC[C@@H]2NC(=O)Cc2ccn(C)n2)n1. The molecular formula is C16H22N6O2. The third kappa shape index (κ3) is 4.29. The number of aromatic nitrogens is 4. The number of ether oxygens (including phenoxy) is 1. The van der Waals surface area contributed by atoms with Crippen molar-refractivity contribution in [1.82, 2.24) is 25.1 Å². The largest absolute Gasteiger partial charge is 0.379 e. The predicted octanol–water partition coefficient (Wildman–Crippen LogP) is 0.447. The monoisotopic (exact) mass is 330 g/mol. The van der Waals surface area contributed by atoms with Crippen molar-refractivity contribution in [3.05, 3.63) is 36.0 Å². The van der Waals surface area contributed by atoms with Crippen LogP contribution in [0.1, 0.15) is 17.9 Å². The third-order valence-electron chi connectivity index (χ3n) is 3.92. The zero-order valence-corrected chi connectivity index (χ0v) is 13.9. The summed E-state index contributed by atoms with van der Waals surface area (Å²) in [7, 11) is 1.84. The second-order valence-electron chi connectivity index (χ2n) is 5.94. The summed E-state index contributed by atoms with van der Waals surface area (Å²) in [6.07, 6.45) is 4.58. The first-order chi connectivity index (χ1) is 11.6. The molecule has 2 N–H and O–H groups in total. The van der Waals surface area contributed by atoms with E-state index in [1.807, 2.05) is 32.3 Å². The molecule has 1 saturated heterocycles. The lowest BCUT2D eigenvalue weighted by atomic mass is 10.0. The van der Waals surface area contributed by atoms with E-state index in [0.717, 1.165) is 17.9 Å². The second-order valence-corrected chi connectivity index (χ2v) is 5.94. The average Bonchev–Trinajstić information content (AvgIpc) is 2.94. The zero-order chi connectivity index (χ0) is 16.9. The van der Waals surface area contributed by atoms with Gasteiger partial charge in [-0.3, -0.25) is 9.48 Å². The molecule has 2 aromatic heterocycles. The summed E-state index contributed by atoms with van der Waals surface area (Å²) in [6.45, 7) is 3.00. The van der Waals surface area contributed by atoms with Crippen molar-refractivity contribution in [3.8, 4) is 0 Å². The molecule has 0 spiro atoms. The topological polar surface area (TPSA) is 94.0 Å². The van der Waals surface area contributed by atoms with Crippen LogP contribution in [0.4, 0.5) is 5.82 Å². The molecule has 8 nitrogen and oxygen atoms in total. The summed E-state index contributed by atoms with van der Waals surface area (Å²) in [5, 5.41) is 10.7. The fourth-order valence-corrected chi connectivity index (χ4v) is 2.76. The Labute approximate surface area is 140 Å². The fourth-order valence-electron chi connectivity index (χ4n) is 2.76. The summed E-state index contributed by atoms with van der Waals surface area (Å²) >= 11 is 0. The summed E-state index contributed by atoms with van der Waals surface area (Å²) in [4.78, 5) is 20.7. The van der Waals surface area contributed by atoms with Crippen molar-refractivity contribution in [1.29, 1.82) is 0 Å². The van der Waals surface area contributed by atoms with Gasteiger partial charge in [0.2, 0.25) is 5.91 Å². The van der Waals surface area contributed by atoms with Crippen LogP contribution in [0.5, 0.6) is 0 Å². The quantitative estimate of drug-likeness (QED) is 0.826. The molecular weight excluding hydrogens is 308 g/mol. The van der Waals surface area contributed by atoms with Crippen LogP contribution in [0.2, 0.25) is 0 Å². The van der Waals surface area contributed by atoms with Crippen LogP contribution in [0, 0.1) is 6.92 Å². The van der Waals surface area contributed by atoms with Crippen LogP contribution in [0.3, 0.4) is 0 Å². The van der Waals surface area contributed by atoms with E-state index in [-0.39, 0.29) is 24.4 Å². The lowest BCUT2D eigenvalue weighted by molar-refractivity contribution is -0.121. The molecule has 3 heterocycles. The van der Waals surface area contributed by atoms with Crippen LogP contribution >= 0.6 is 0 Å². The second kappa shape index (κ2) is 7.39. The van der Waals surface area contributed by atoms with Crippen molar-refractivity contribution in [2.45, 2.75) is 31.8 Å². The Kier molecular flexibility index (Phi) is 5.05. The maximum Gasteiger partial charge on any atom is 0.226 e. The number of nitrogens with one attached hydrogen (secondary N) is 2. The molecule has 1 aliphatic heterocycles. The van der Waals surface area contributed by atoms with Crippen molar-refractivity contribution in [2.75, 3.05) is 18.5 Å². The van der Waals surface area contributed by atoms with Gasteiger partial charge in [0, 0.05) is 26.0 Å². The van der Waals surface area contributed by atoms with E-state index in [1.165, 1.54) is 0 Å². The normalized spacial score (nSPS) is 20.6. The van der Waals surface area contributed by atoms with Gasteiger partial charge in [-0.1, -0.05) is 0 Å². The van der Waals surface area contributed by atoms with Crippen LogP contribution in [-0.4, -0.2) is 51.0 Å². The van der Waals surface area contributed by atoms with Crippen molar-refractivity contribution < 1.29 is 9.53 Å². The van der Waals surface area contributed by atoms with E-state index in [2.05, 4.69) is 25.7 Å². The molecule has 0 unspecified atom stereocenters. The Hall–Kier alpha value is -2.48. The van der Waals surface area contributed by atoms with Gasteiger partial charge >= 0.3 is 0 Å². The molecule has 0 radical (unpaired) electrons. The van der Waals surface area contributed by atoms with E-state index in [1.54, 1.807) is 10.9 Å². The van der Waals surface area contributed by atoms with Crippen molar-refractivity contribution in [3.63, 3.8) is 0 Å². The molecule has 0 saturated carbocycles. The smallest absolute Gasteiger partial charge is 0.226 e. The van der Waals surface area contributed by atoms with Crippen LogP contribution < -0.4 is 10.6 Å². The van der Waals surface area contributed by atoms with E-state index in [0.29, 0.717) is 19.0 Å². The number of anilines is 1. The van der Waals surface area contributed by atoms with Crippen LogP contribution in [-0.2, 0) is 23.0 Å². The molecule has 128 valence electrons. The molecule has 24 heavy (non-hydrogen) atoms. The molecule has 2 aromatic rings. The fraction of sp³-hybridized carbons (Fsp3) is 0.500. The maximum atomic E-state index is 12.3. The molecule has 2 atom stereocenters. The first-order valence-corrected chi connectivity index (χ1v) is 8.02. The van der Waals surface area contributed by atoms with Crippen LogP contribution in [0.25, 0.3) is 0 Å². The Morgan fingerprint density at radius 1 is 1.42 bits per heavy atom. The summed E-state index contributed by atoms with van der Waals surface area (Å²) in [6, 6.07) is 3.63. The lowest BCUT2D eigenvalue weighted by Crippen LogP contribution is -2.52. The summed E-state index contributed by atoms with van der Waals surface area (Å²) in [5.74, 6) is 1.40. The van der Waals surface area contributed by atoms with E-state index in [4.69, 9.17) is 4.74 Å². The van der Waals surface area contributed by atoms with Gasteiger partial charge in [-0.25, -0.2) is 9.97 Å². The number of hydrogen-bond acceptors (Lipinski definition) is 6. The van der Waals surface area contributed by atoms with Crippen molar-refractivity contribution >= 4 is 11.7 Å². The van der Waals surface area contributed by atoms with Gasteiger partial charge in [0.15, 0.2) is 0 Å². The molecule has 0 aliphatic carbocycles. The third-order valence-corrected chi connectivity index (χ3v) is 3.92.